The van der Waals surface area contributed by atoms with Gasteiger partial charge in [0.1, 0.15) is 6.17 Å². The Labute approximate surface area is 181 Å². The smallest absolute Gasteiger partial charge is 0.481 e. The molecule has 2 saturated heterocycles. The molecule has 13 heteroatoms. The fourth-order valence-electron chi connectivity index (χ4n) is 3.30. The van der Waals surface area contributed by atoms with Crippen LogP contribution in [0.1, 0.15) is 31.2 Å². The molecule has 0 spiro atoms. The van der Waals surface area contributed by atoms with Crippen molar-refractivity contribution in [2.45, 2.75) is 50.6 Å². The number of carboxylic acid groups (broad SMARTS) is 1. The van der Waals surface area contributed by atoms with E-state index in [1.54, 1.807) is 4.90 Å². The van der Waals surface area contributed by atoms with Crippen LogP contribution in [0.5, 0.6) is 5.88 Å². The maximum atomic E-state index is 14.5. The number of hydrogen-bond donors (Lipinski definition) is 3. The number of hydrogen-bond acceptors (Lipinski definition) is 6. The highest BCUT2D eigenvalue weighted by Crippen LogP contribution is 2.27. The molecule has 0 aliphatic carbocycles. The van der Waals surface area contributed by atoms with Gasteiger partial charge in [-0.3, -0.25) is 4.79 Å². The second kappa shape index (κ2) is 11.2. The number of aliphatic carboxylic acids is 1. The third-order valence-electron chi connectivity index (χ3n) is 4.99. The summed E-state index contributed by atoms with van der Waals surface area (Å²) in [6, 6.07) is 1.15. The summed E-state index contributed by atoms with van der Waals surface area (Å²) in [5.74, 6) is -2.89. The van der Waals surface area contributed by atoms with Gasteiger partial charge in [-0.05, 0) is 38.3 Å². The number of anilines is 1. The molecule has 1 atom stereocenters. The Morgan fingerprint density at radius 1 is 1.31 bits per heavy atom. The number of ether oxygens (including phenoxy) is 1. The number of carbonyl (C=O) groups excluding carboxylic acids is 1. The van der Waals surface area contributed by atoms with Crippen molar-refractivity contribution in [3.05, 3.63) is 17.4 Å². The molecule has 0 bridgehead atoms. The Balaban J connectivity index is 0.000000451. The second-order valence-electron chi connectivity index (χ2n) is 7.29. The highest BCUT2D eigenvalue weighted by molar-refractivity contribution is 5.82. The van der Waals surface area contributed by atoms with E-state index >= 15 is 0 Å². The van der Waals surface area contributed by atoms with Gasteiger partial charge in [0.15, 0.2) is 11.6 Å². The first-order chi connectivity index (χ1) is 15.0. The molecule has 2 fully saturated rings. The van der Waals surface area contributed by atoms with Crippen molar-refractivity contribution in [1.82, 2.24) is 15.6 Å². The molecule has 1 aromatic rings. The molecule has 2 aliphatic rings. The van der Waals surface area contributed by atoms with Crippen LogP contribution >= 0.6 is 0 Å². The van der Waals surface area contributed by atoms with Crippen molar-refractivity contribution in [2.24, 2.45) is 0 Å². The summed E-state index contributed by atoms with van der Waals surface area (Å²) in [6.45, 7) is 1.84. The molecule has 8 nitrogen and oxygen atoms in total. The van der Waals surface area contributed by atoms with Gasteiger partial charge >= 0.3 is 12.1 Å². The Morgan fingerprint density at radius 2 is 1.94 bits per heavy atom. The Morgan fingerprint density at radius 3 is 2.44 bits per heavy atom. The number of nitrogens with one attached hydrogen (secondary N) is 2. The number of carbonyl (C=O) groups is 2. The lowest BCUT2D eigenvalue weighted by Gasteiger charge is -2.30. The maximum absolute atomic E-state index is 14.5. The first-order valence-corrected chi connectivity index (χ1v) is 9.96. The predicted octanol–water partition coefficient (Wildman–Crippen LogP) is 2.17. The molecule has 0 radical (unpaired) electrons. The van der Waals surface area contributed by atoms with Crippen LogP contribution in [-0.4, -0.2) is 67.1 Å². The normalized spacial score (nSPS) is 19.2. The van der Waals surface area contributed by atoms with E-state index in [0.717, 1.165) is 19.4 Å². The molecule has 0 saturated carbocycles. The van der Waals surface area contributed by atoms with E-state index in [1.807, 2.05) is 0 Å². The van der Waals surface area contributed by atoms with Gasteiger partial charge in [-0.25, -0.2) is 13.6 Å². The summed E-state index contributed by atoms with van der Waals surface area (Å²) < 4.78 is 64.8. The standard InChI is InChI=1S/C17H24F2N4O2.C2HF3O2/c1-25-17-11(10-21-16(24)14-3-2-6-20-14)9-13(19)15(22-17)23-7-4-12(18)5-8-23;3-2(4,5)1(6)7/h9,12,14,20H,2-8,10H2,1H3,(H,21,24);(H,6,7). The fraction of sp³-hybridized carbons (Fsp3) is 0.632. The van der Waals surface area contributed by atoms with Crippen molar-refractivity contribution in [3.63, 3.8) is 0 Å². The van der Waals surface area contributed by atoms with Crippen LogP contribution in [0.4, 0.5) is 27.8 Å². The van der Waals surface area contributed by atoms with Gasteiger partial charge in [-0.2, -0.15) is 18.2 Å². The minimum atomic E-state index is -5.08. The summed E-state index contributed by atoms with van der Waals surface area (Å²) in [7, 11) is 1.46. The molecule has 3 rings (SSSR count). The molecular weight excluding hydrogens is 443 g/mol. The van der Waals surface area contributed by atoms with E-state index in [2.05, 4.69) is 15.6 Å². The van der Waals surface area contributed by atoms with Crippen molar-refractivity contribution in [2.75, 3.05) is 31.6 Å². The zero-order chi connectivity index (χ0) is 23.9. The zero-order valence-corrected chi connectivity index (χ0v) is 17.3. The van der Waals surface area contributed by atoms with Gasteiger partial charge in [0.2, 0.25) is 11.8 Å². The molecule has 1 unspecified atom stereocenters. The molecule has 1 amide bonds. The van der Waals surface area contributed by atoms with E-state index in [-0.39, 0.29) is 30.2 Å². The van der Waals surface area contributed by atoms with Crippen LogP contribution in [-0.2, 0) is 16.1 Å². The van der Waals surface area contributed by atoms with Crippen LogP contribution in [0.2, 0.25) is 0 Å². The van der Waals surface area contributed by atoms with Crippen molar-refractivity contribution in [3.8, 4) is 5.88 Å². The van der Waals surface area contributed by atoms with E-state index in [1.165, 1.54) is 13.2 Å². The van der Waals surface area contributed by atoms with Gasteiger partial charge in [0.05, 0.1) is 13.2 Å². The van der Waals surface area contributed by atoms with E-state index < -0.39 is 24.1 Å². The molecule has 180 valence electrons. The first kappa shape index (κ1) is 25.6. The SMILES string of the molecule is COc1nc(N2CCC(F)CC2)c(F)cc1CNC(=O)C1CCCN1.O=C(O)C(F)(F)F. The quantitative estimate of drug-likeness (QED) is 0.569. The summed E-state index contributed by atoms with van der Waals surface area (Å²) >= 11 is 0. The highest BCUT2D eigenvalue weighted by Gasteiger charge is 2.38. The highest BCUT2D eigenvalue weighted by atomic mass is 19.4. The number of aromatic nitrogens is 1. The van der Waals surface area contributed by atoms with E-state index in [9.17, 15) is 26.7 Å². The number of methoxy groups -OCH3 is 1. The third kappa shape index (κ3) is 7.18. The van der Waals surface area contributed by atoms with Gasteiger partial charge in [0, 0.05) is 25.2 Å². The lowest BCUT2D eigenvalue weighted by atomic mass is 10.1. The zero-order valence-electron chi connectivity index (χ0n) is 17.3. The minimum absolute atomic E-state index is 0.103. The number of rotatable bonds is 5. The Hall–Kier alpha value is -2.70. The second-order valence-corrected chi connectivity index (χ2v) is 7.29. The fourth-order valence-corrected chi connectivity index (χ4v) is 3.30. The van der Waals surface area contributed by atoms with E-state index in [4.69, 9.17) is 14.6 Å². The molecule has 3 N–H and O–H groups in total. The van der Waals surface area contributed by atoms with Gasteiger partial charge < -0.3 is 25.4 Å². The van der Waals surface area contributed by atoms with Crippen LogP contribution in [0.15, 0.2) is 6.07 Å². The largest absolute Gasteiger partial charge is 0.490 e. The number of pyridine rings is 1. The van der Waals surface area contributed by atoms with Crippen LogP contribution in [0, 0.1) is 5.82 Å². The number of nitrogens with zero attached hydrogens (tertiary/aromatic N) is 2. The summed E-state index contributed by atoms with van der Waals surface area (Å²) in [6.07, 6.45) is -3.40. The van der Waals surface area contributed by atoms with Gasteiger partial charge in [-0.1, -0.05) is 0 Å². The topological polar surface area (TPSA) is 104 Å². The summed E-state index contributed by atoms with van der Waals surface area (Å²) in [4.78, 5) is 27.0. The molecule has 32 heavy (non-hydrogen) atoms. The monoisotopic (exact) mass is 468 g/mol. The lowest BCUT2D eigenvalue weighted by Crippen LogP contribution is -2.40. The molecule has 2 aliphatic heterocycles. The number of carboxylic acids is 1. The molecule has 3 heterocycles. The average Bonchev–Trinajstić information content (AvgIpc) is 3.27. The van der Waals surface area contributed by atoms with Crippen molar-refractivity contribution in [1.29, 1.82) is 0 Å². The van der Waals surface area contributed by atoms with Crippen molar-refractivity contribution < 1.29 is 41.4 Å². The summed E-state index contributed by atoms with van der Waals surface area (Å²) in [5, 5.41) is 13.0. The molecule has 0 aromatic carbocycles. The maximum Gasteiger partial charge on any atom is 0.490 e. The number of halogens is 5. The van der Waals surface area contributed by atoms with Crippen LogP contribution < -0.4 is 20.3 Å². The number of amides is 1. The Bertz CT molecular complexity index is 795. The number of piperidine rings is 1. The third-order valence-corrected chi connectivity index (χ3v) is 4.99. The molecular formula is C19H25F5N4O4. The van der Waals surface area contributed by atoms with Crippen LogP contribution in [0.25, 0.3) is 0 Å². The number of alkyl halides is 4. The van der Waals surface area contributed by atoms with Gasteiger partial charge in [0.25, 0.3) is 0 Å². The van der Waals surface area contributed by atoms with E-state index in [0.29, 0.717) is 31.5 Å². The van der Waals surface area contributed by atoms with Crippen molar-refractivity contribution >= 4 is 17.7 Å². The average molecular weight is 468 g/mol. The Kier molecular flexibility index (Phi) is 8.99. The summed E-state index contributed by atoms with van der Waals surface area (Å²) in [5.41, 5.74) is 0.482. The molecule has 1 aromatic heterocycles. The lowest BCUT2D eigenvalue weighted by molar-refractivity contribution is -0.192. The van der Waals surface area contributed by atoms with Crippen LogP contribution in [0.3, 0.4) is 0 Å². The minimum Gasteiger partial charge on any atom is -0.481 e. The predicted molar refractivity (Wildman–Crippen MR) is 104 cm³/mol. The van der Waals surface area contributed by atoms with Gasteiger partial charge in [-0.15, -0.1) is 0 Å². The first-order valence-electron chi connectivity index (χ1n) is 9.96.